The van der Waals surface area contributed by atoms with E-state index in [-0.39, 0.29) is 0 Å². The van der Waals surface area contributed by atoms with E-state index in [1.54, 1.807) is 22.7 Å². The van der Waals surface area contributed by atoms with Crippen LogP contribution in [-0.4, -0.2) is 29.4 Å². The van der Waals surface area contributed by atoms with Gasteiger partial charge in [0.1, 0.15) is 5.69 Å². The Morgan fingerprint density at radius 2 is 2.03 bits per heavy atom. The van der Waals surface area contributed by atoms with Crippen molar-refractivity contribution in [1.82, 2.24) is 10.4 Å². The van der Waals surface area contributed by atoms with Crippen molar-refractivity contribution >= 4 is 57.0 Å². The Morgan fingerprint density at radius 3 is 2.77 bits per heavy atom. The molecule has 1 aliphatic heterocycles. The summed E-state index contributed by atoms with van der Waals surface area (Å²) in [6.07, 6.45) is 5.60. The molecule has 8 heteroatoms. The molecule has 1 aromatic carbocycles. The SMILES string of the molecule is Cc1ccc(NC(=S)NN=Cc2sc(N3CCCCC3)nc2-c2cccs2)c(C)c1. The molecule has 2 aromatic heterocycles. The molecule has 1 saturated heterocycles. The summed E-state index contributed by atoms with van der Waals surface area (Å²) in [5, 5.41) is 11.2. The van der Waals surface area contributed by atoms with Crippen molar-refractivity contribution in [2.75, 3.05) is 23.3 Å². The number of thiocarbonyl (C=S) groups is 1. The van der Waals surface area contributed by atoms with Crippen LogP contribution in [0.4, 0.5) is 10.8 Å². The summed E-state index contributed by atoms with van der Waals surface area (Å²) >= 11 is 8.80. The minimum absolute atomic E-state index is 0.469. The van der Waals surface area contributed by atoms with Crippen LogP contribution in [0.25, 0.3) is 10.6 Å². The van der Waals surface area contributed by atoms with Crippen molar-refractivity contribution in [3.05, 3.63) is 51.7 Å². The lowest BCUT2D eigenvalue weighted by Crippen LogP contribution is -2.29. The second-order valence-corrected chi connectivity index (χ2v) is 9.74. The number of thiophene rings is 1. The molecule has 0 bridgehead atoms. The molecule has 3 heterocycles. The Hall–Kier alpha value is -2.29. The smallest absolute Gasteiger partial charge is 0.191 e. The van der Waals surface area contributed by atoms with Crippen molar-refractivity contribution in [1.29, 1.82) is 0 Å². The van der Waals surface area contributed by atoms with Gasteiger partial charge in [0.05, 0.1) is 16.0 Å². The molecule has 3 aromatic rings. The molecule has 0 amide bonds. The summed E-state index contributed by atoms with van der Waals surface area (Å²) in [4.78, 5) is 9.54. The maximum absolute atomic E-state index is 5.41. The zero-order valence-corrected chi connectivity index (χ0v) is 19.6. The Balaban J connectivity index is 1.47. The lowest BCUT2D eigenvalue weighted by Gasteiger charge is -2.25. The monoisotopic (exact) mass is 455 g/mol. The Kier molecular flexibility index (Phi) is 6.76. The predicted molar refractivity (Wildman–Crippen MR) is 134 cm³/mol. The van der Waals surface area contributed by atoms with Gasteiger partial charge in [0.15, 0.2) is 10.2 Å². The third-order valence-electron chi connectivity index (χ3n) is 5.00. The molecular weight excluding hydrogens is 430 g/mol. The number of hydrazone groups is 1. The number of nitrogens with zero attached hydrogens (tertiary/aromatic N) is 3. The van der Waals surface area contributed by atoms with Crippen molar-refractivity contribution in [2.24, 2.45) is 5.10 Å². The second kappa shape index (κ2) is 9.68. The summed E-state index contributed by atoms with van der Waals surface area (Å²) in [5.74, 6) is 0. The summed E-state index contributed by atoms with van der Waals surface area (Å²) in [6.45, 7) is 6.30. The van der Waals surface area contributed by atoms with Crippen LogP contribution in [-0.2, 0) is 0 Å². The number of aromatic nitrogens is 1. The van der Waals surface area contributed by atoms with Crippen molar-refractivity contribution in [3.63, 3.8) is 0 Å². The van der Waals surface area contributed by atoms with Gasteiger partial charge in [0.2, 0.25) is 0 Å². The highest BCUT2D eigenvalue weighted by Gasteiger charge is 2.19. The first-order chi connectivity index (χ1) is 14.6. The van der Waals surface area contributed by atoms with E-state index >= 15 is 0 Å². The van der Waals surface area contributed by atoms with E-state index in [1.807, 2.05) is 12.3 Å². The largest absolute Gasteiger partial charge is 0.348 e. The van der Waals surface area contributed by atoms with E-state index in [9.17, 15) is 0 Å². The summed E-state index contributed by atoms with van der Waals surface area (Å²) in [6, 6.07) is 10.4. The Morgan fingerprint density at radius 1 is 1.20 bits per heavy atom. The fraction of sp³-hybridized carbons (Fsp3) is 0.318. The fourth-order valence-electron chi connectivity index (χ4n) is 3.47. The number of benzene rings is 1. The number of hydrogen-bond acceptors (Lipinski definition) is 6. The van der Waals surface area contributed by atoms with Gasteiger partial charge in [-0.3, -0.25) is 5.43 Å². The van der Waals surface area contributed by atoms with Crippen molar-refractivity contribution in [2.45, 2.75) is 33.1 Å². The summed E-state index contributed by atoms with van der Waals surface area (Å²) in [7, 11) is 0. The molecule has 0 radical (unpaired) electrons. The summed E-state index contributed by atoms with van der Waals surface area (Å²) < 4.78 is 0. The molecule has 0 aliphatic carbocycles. The zero-order valence-electron chi connectivity index (χ0n) is 17.1. The van der Waals surface area contributed by atoms with Gasteiger partial charge < -0.3 is 10.2 Å². The van der Waals surface area contributed by atoms with Crippen molar-refractivity contribution < 1.29 is 0 Å². The molecule has 1 fully saturated rings. The van der Waals surface area contributed by atoms with Crippen LogP contribution in [0.3, 0.4) is 0 Å². The number of thiazole rings is 1. The molecule has 5 nitrogen and oxygen atoms in total. The van der Waals surface area contributed by atoms with E-state index in [4.69, 9.17) is 17.2 Å². The molecular formula is C22H25N5S3. The van der Waals surface area contributed by atoms with Crippen molar-refractivity contribution in [3.8, 4) is 10.6 Å². The van der Waals surface area contributed by atoms with Gasteiger partial charge >= 0.3 is 0 Å². The van der Waals surface area contributed by atoms with E-state index in [0.717, 1.165) is 44.9 Å². The molecule has 30 heavy (non-hydrogen) atoms. The normalized spacial score (nSPS) is 14.3. The first-order valence-electron chi connectivity index (χ1n) is 10.1. The van der Waals surface area contributed by atoms with E-state index in [0.29, 0.717) is 5.11 Å². The molecule has 0 unspecified atom stereocenters. The highest BCUT2D eigenvalue weighted by Crippen LogP contribution is 2.35. The van der Waals surface area contributed by atoms with Crippen LogP contribution >= 0.6 is 34.9 Å². The lowest BCUT2D eigenvalue weighted by molar-refractivity contribution is 0.577. The minimum atomic E-state index is 0.469. The molecule has 0 spiro atoms. The third-order valence-corrected chi connectivity index (χ3v) is 7.12. The van der Waals surface area contributed by atoms with Gasteiger partial charge in [-0.05, 0) is 68.4 Å². The van der Waals surface area contributed by atoms with Gasteiger partial charge in [-0.25, -0.2) is 4.98 Å². The van der Waals surface area contributed by atoms with Crippen LogP contribution in [0.15, 0.2) is 40.8 Å². The second-order valence-electron chi connectivity index (χ2n) is 7.38. The van der Waals surface area contributed by atoms with Gasteiger partial charge in [-0.2, -0.15) is 5.10 Å². The number of rotatable bonds is 5. The van der Waals surface area contributed by atoms with E-state index in [2.05, 4.69) is 64.2 Å². The first-order valence-corrected chi connectivity index (χ1v) is 12.2. The van der Waals surface area contributed by atoms with E-state index in [1.165, 1.54) is 24.8 Å². The number of hydrogen-bond donors (Lipinski definition) is 2. The topological polar surface area (TPSA) is 52.6 Å². The zero-order chi connectivity index (χ0) is 20.9. The Labute approximate surface area is 190 Å². The average Bonchev–Trinajstić information content (AvgIpc) is 3.41. The predicted octanol–water partition coefficient (Wildman–Crippen LogP) is 5.80. The van der Waals surface area contributed by atoms with Crippen LogP contribution in [0.1, 0.15) is 35.3 Å². The molecule has 1 aliphatic rings. The fourth-order valence-corrected chi connectivity index (χ4v) is 5.43. The maximum Gasteiger partial charge on any atom is 0.191 e. The highest BCUT2D eigenvalue weighted by molar-refractivity contribution is 7.80. The standard InChI is InChI=1S/C22H25N5S3/c1-15-8-9-17(16(2)13-15)24-21(28)26-23-14-19-20(18-7-6-12-29-18)25-22(30-19)27-10-4-3-5-11-27/h6-9,12-14H,3-5,10-11H2,1-2H3,(H2,24,26,28). The molecule has 2 N–H and O–H groups in total. The van der Waals surface area contributed by atoms with Crippen LogP contribution in [0, 0.1) is 13.8 Å². The number of piperidine rings is 1. The highest BCUT2D eigenvalue weighted by atomic mass is 32.1. The molecule has 4 rings (SSSR count). The van der Waals surface area contributed by atoms with Gasteiger partial charge in [0.25, 0.3) is 0 Å². The molecule has 0 saturated carbocycles. The lowest BCUT2D eigenvalue weighted by atomic mass is 10.1. The molecule has 0 atom stereocenters. The van der Waals surface area contributed by atoms with Crippen LogP contribution in [0.5, 0.6) is 0 Å². The van der Waals surface area contributed by atoms with Gasteiger partial charge in [-0.1, -0.05) is 35.1 Å². The van der Waals surface area contributed by atoms with E-state index < -0.39 is 0 Å². The Bertz CT molecular complexity index is 1030. The number of anilines is 2. The minimum Gasteiger partial charge on any atom is -0.348 e. The van der Waals surface area contributed by atoms with Crippen LogP contribution < -0.4 is 15.6 Å². The molecule has 156 valence electrons. The quantitative estimate of drug-likeness (QED) is 0.289. The van der Waals surface area contributed by atoms with Gasteiger partial charge in [0, 0.05) is 18.8 Å². The maximum atomic E-state index is 5.41. The number of aryl methyl sites for hydroxylation is 2. The van der Waals surface area contributed by atoms with Gasteiger partial charge in [-0.15, -0.1) is 11.3 Å². The van der Waals surface area contributed by atoms with Crippen LogP contribution in [0.2, 0.25) is 0 Å². The third kappa shape index (κ3) is 5.06. The number of nitrogens with one attached hydrogen (secondary N) is 2. The summed E-state index contributed by atoms with van der Waals surface area (Å²) in [5.41, 5.74) is 7.30. The first kappa shape index (κ1) is 21.0. The average molecular weight is 456 g/mol.